The summed E-state index contributed by atoms with van der Waals surface area (Å²) in [6, 6.07) is 1.33. The lowest BCUT2D eigenvalue weighted by atomic mass is 10.4. The summed E-state index contributed by atoms with van der Waals surface area (Å²) < 4.78 is 13.1. The molecule has 0 fully saturated rings. The van der Waals surface area contributed by atoms with Gasteiger partial charge >= 0.3 is 0 Å². The third kappa shape index (κ3) is 1.48. The first-order valence-electron chi connectivity index (χ1n) is 2.33. The van der Waals surface area contributed by atoms with Gasteiger partial charge in [0.2, 0.25) is 0 Å². The molecular weight excluding hydrogens is 185 g/mol. The molecule has 1 rings (SSSR count). The average molecular weight is 189 g/mol. The molecule has 0 amide bonds. The van der Waals surface area contributed by atoms with Crippen molar-refractivity contribution in [1.82, 2.24) is 4.98 Å². The summed E-state index contributed by atoms with van der Waals surface area (Å²) in [5.74, 6) is -0.385. The minimum Gasteiger partial charge on any atom is -0.257 e. The molecule has 0 saturated carbocycles. The van der Waals surface area contributed by atoms with Crippen LogP contribution in [0.4, 0.5) is 4.39 Å². The van der Waals surface area contributed by atoms with E-state index in [4.69, 9.17) is 0 Å². The summed E-state index contributed by atoms with van der Waals surface area (Å²) in [7, 11) is 0. The second kappa shape index (κ2) is 2.43. The van der Waals surface area contributed by atoms with E-state index in [-0.39, 0.29) is 11.5 Å². The van der Waals surface area contributed by atoms with Crippen molar-refractivity contribution in [2.24, 2.45) is 0 Å². The maximum Gasteiger partial charge on any atom is 0.145 e. The molecule has 0 N–H and O–H groups in total. The molecule has 1 nitrogen and oxygen atoms in total. The zero-order valence-corrected chi connectivity index (χ0v) is 6.15. The average Bonchev–Trinajstić information content (AvgIpc) is 1.80. The van der Waals surface area contributed by atoms with Crippen LogP contribution in [0.5, 0.6) is 0 Å². The lowest BCUT2D eigenvalue weighted by Crippen LogP contribution is -1.85. The Labute approximate surface area is 61.0 Å². The van der Waals surface area contributed by atoms with E-state index in [2.05, 4.69) is 27.8 Å². The normalized spacial score (nSPS) is 9.67. The highest BCUT2D eigenvalue weighted by atomic mass is 79.9. The smallest absolute Gasteiger partial charge is 0.145 e. The molecule has 0 aliphatic rings. The summed E-state index contributed by atoms with van der Waals surface area (Å²) in [5, 5.41) is 0. The molecule has 0 bridgehead atoms. The zero-order valence-electron chi connectivity index (χ0n) is 4.56. The molecule has 47 valence electrons. The first-order chi connectivity index (χ1) is 4.20. The molecule has 1 heterocycles. The summed E-state index contributed by atoms with van der Waals surface area (Å²) in [6.07, 6.45) is 1.51. The SMILES string of the molecule is [CH2]c1ncc(Br)cc1F. The molecule has 0 saturated heterocycles. The van der Waals surface area contributed by atoms with E-state index < -0.39 is 0 Å². The molecule has 1 radical (unpaired) electrons. The Hall–Kier alpha value is -0.440. The van der Waals surface area contributed by atoms with Gasteiger partial charge < -0.3 is 0 Å². The van der Waals surface area contributed by atoms with Crippen molar-refractivity contribution in [1.29, 1.82) is 0 Å². The van der Waals surface area contributed by atoms with Gasteiger partial charge in [-0.1, -0.05) is 0 Å². The van der Waals surface area contributed by atoms with Crippen LogP contribution in [-0.2, 0) is 0 Å². The number of hydrogen-bond acceptors (Lipinski definition) is 1. The lowest BCUT2D eigenvalue weighted by molar-refractivity contribution is 0.614. The van der Waals surface area contributed by atoms with Gasteiger partial charge in [-0.05, 0) is 28.9 Å². The molecule has 0 aliphatic carbocycles. The van der Waals surface area contributed by atoms with Gasteiger partial charge in [-0.15, -0.1) is 0 Å². The van der Waals surface area contributed by atoms with Crippen molar-refractivity contribution in [2.45, 2.75) is 0 Å². The van der Waals surface area contributed by atoms with E-state index in [9.17, 15) is 4.39 Å². The molecule has 1 aromatic rings. The highest BCUT2D eigenvalue weighted by Gasteiger charge is 1.96. The molecule has 9 heavy (non-hydrogen) atoms. The van der Waals surface area contributed by atoms with Crippen LogP contribution in [0, 0.1) is 12.7 Å². The Bertz CT molecular complexity index is 224. The van der Waals surface area contributed by atoms with E-state index in [0.29, 0.717) is 4.47 Å². The van der Waals surface area contributed by atoms with Crippen molar-refractivity contribution in [3.63, 3.8) is 0 Å². The fourth-order valence-electron chi connectivity index (χ4n) is 0.443. The summed E-state index contributed by atoms with van der Waals surface area (Å²) >= 11 is 3.07. The molecule has 0 aromatic carbocycles. The van der Waals surface area contributed by atoms with E-state index in [1.807, 2.05) is 0 Å². The summed E-state index contributed by atoms with van der Waals surface area (Å²) in [5.41, 5.74) is 0.179. The number of nitrogens with zero attached hydrogens (tertiary/aromatic N) is 1. The number of pyridine rings is 1. The number of halogens is 2. The zero-order chi connectivity index (χ0) is 6.85. The Balaban J connectivity index is 3.17. The van der Waals surface area contributed by atoms with Gasteiger partial charge in [-0.2, -0.15) is 0 Å². The van der Waals surface area contributed by atoms with Crippen LogP contribution in [0.25, 0.3) is 0 Å². The summed E-state index contributed by atoms with van der Waals surface area (Å²) in [6.45, 7) is 3.35. The van der Waals surface area contributed by atoms with Crippen LogP contribution >= 0.6 is 15.9 Å². The second-order valence-electron chi connectivity index (χ2n) is 1.58. The maximum atomic E-state index is 12.4. The Morgan fingerprint density at radius 2 is 2.33 bits per heavy atom. The van der Waals surface area contributed by atoms with Crippen LogP contribution in [0.2, 0.25) is 0 Å². The second-order valence-corrected chi connectivity index (χ2v) is 2.50. The molecule has 0 aliphatic heterocycles. The third-order valence-electron chi connectivity index (χ3n) is 0.884. The lowest BCUT2D eigenvalue weighted by Gasteiger charge is -1.92. The van der Waals surface area contributed by atoms with Gasteiger partial charge in [0.15, 0.2) is 0 Å². The van der Waals surface area contributed by atoms with Gasteiger partial charge in [-0.3, -0.25) is 4.98 Å². The Morgan fingerprint density at radius 3 is 2.78 bits per heavy atom. The first kappa shape index (κ1) is 6.68. The fraction of sp³-hybridized carbons (Fsp3) is 0. The number of hydrogen-bond donors (Lipinski definition) is 0. The standard InChI is InChI=1S/C6H4BrFN/c1-4-6(8)2-5(7)3-9-4/h2-3H,1H2. The van der Waals surface area contributed by atoms with Crippen LogP contribution < -0.4 is 0 Å². The van der Waals surface area contributed by atoms with Crippen molar-refractivity contribution in [3.8, 4) is 0 Å². The predicted molar refractivity (Wildman–Crippen MR) is 36.4 cm³/mol. The fourth-order valence-corrected chi connectivity index (χ4v) is 0.746. The minimum absolute atomic E-state index is 0.179. The minimum atomic E-state index is -0.385. The monoisotopic (exact) mass is 188 g/mol. The highest BCUT2D eigenvalue weighted by molar-refractivity contribution is 9.10. The topological polar surface area (TPSA) is 12.9 Å². The molecular formula is C6H4BrFN. The van der Waals surface area contributed by atoms with Crippen LogP contribution in [0.1, 0.15) is 5.69 Å². The number of rotatable bonds is 0. The van der Waals surface area contributed by atoms with E-state index in [0.717, 1.165) is 0 Å². The van der Waals surface area contributed by atoms with Crippen molar-refractivity contribution in [3.05, 3.63) is 35.2 Å². The van der Waals surface area contributed by atoms with Gasteiger partial charge in [-0.25, -0.2) is 4.39 Å². The largest absolute Gasteiger partial charge is 0.257 e. The molecule has 3 heteroatoms. The Morgan fingerprint density at radius 1 is 1.67 bits per heavy atom. The summed E-state index contributed by atoms with van der Waals surface area (Å²) in [4.78, 5) is 3.65. The van der Waals surface area contributed by atoms with Crippen molar-refractivity contribution in [2.75, 3.05) is 0 Å². The van der Waals surface area contributed by atoms with E-state index in [1.165, 1.54) is 12.3 Å². The van der Waals surface area contributed by atoms with Crippen molar-refractivity contribution >= 4 is 15.9 Å². The third-order valence-corrected chi connectivity index (χ3v) is 1.32. The van der Waals surface area contributed by atoms with Gasteiger partial charge in [0.1, 0.15) is 5.82 Å². The van der Waals surface area contributed by atoms with Gasteiger partial charge in [0.25, 0.3) is 0 Å². The molecule has 0 atom stereocenters. The first-order valence-corrected chi connectivity index (χ1v) is 3.12. The van der Waals surface area contributed by atoms with Crippen LogP contribution in [0.3, 0.4) is 0 Å². The van der Waals surface area contributed by atoms with E-state index in [1.54, 1.807) is 0 Å². The van der Waals surface area contributed by atoms with Crippen molar-refractivity contribution < 1.29 is 4.39 Å². The van der Waals surface area contributed by atoms with Gasteiger partial charge in [0, 0.05) is 10.7 Å². The van der Waals surface area contributed by atoms with Crippen LogP contribution in [0.15, 0.2) is 16.7 Å². The van der Waals surface area contributed by atoms with E-state index >= 15 is 0 Å². The highest BCUT2D eigenvalue weighted by Crippen LogP contribution is 2.10. The predicted octanol–water partition coefficient (Wildman–Crippen LogP) is 2.17. The Kier molecular flexibility index (Phi) is 1.81. The van der Waals surface area contributed by atoms with Crippen LogP contribution in [-0.4, -0.2) is 4.98 Å². The molecule has 0 spiro atoms. The maximum absolute atomic E-state index is 12.4. The molecule has 1 aromatic heterocycles. The number of aromatic nitrogens is 1. The van der Waals surface area contributed by atoms with Gasteiger partial charge in [0.05, 0.1) is 5.69 Å². The molecule has 0 unspecified atom stereocenters. The quantitative estimate of drug-likeness (QED) is 0.609.